The minimum Gasteiger partial charge on any atom is -0.493 e. The van der Waals surface area contributed by atoms with Crippen molar-refractivity contribution in [1.29, 1.82) is 0 Å². The number of carbonyl (C=O) groups excluding carboxylic acids is 2. The summed E-state index contributed by atoms with van der Waals surface area (Å²) >= 11 is 9.52. The lowest BCUT2D eigenvalue weighted by Gasteiger charge is -2.15. The van der Waals surface area contributed by atoms with E-state index < -0.39 is 0 Å². The van der Waals surface area contributed by atoms with E-state index in [2.05, 4.69) is 21.2 Å². The van der Waals surface area contributed by atoms with E-state index in [1.165, 1.54) is 25.2 Å². The Morgan fingerprint density at radius 1 is 1.21 bits per heavy atom. The van der Waals surface area contributed by atoms with E-state index in [4.69, 9.17) is 21.1 Å². The molecule has 148 valence electrons. The number of likely N-dealkylation sites (N-methyl/N-ethyl adjacent to an activating group) is 1. The highest BCUT2D eigenvalue weighted by Gasteiger charge is 2.13. The van der Waals surface area contributed by atoms with Crippen LogP contribution in [0.1, 0.15) is 5.56 Å². The van der Waals surface area contributed by atoms with Crippen molar-refractivity contribution >= 4 is 51.1 Å². The number of nitrogens with zero attached hydrogens (tertiary/aromatic N) is 1. The third kappa shape index (κ3) is 5.74. The topological polar surface area (TPSA) is 67.9 Å². The Balaban J connectivity index is 2.01. The highest BCUT2D eigenvalue weighted by Crippen LogP contribution is 2.36. The van der Waals surface area contributed by atoms with Crippen molar-refractivity contribution in [2.75, 3.05) is 33.1 Å². The number of ether oxygens (including phenoxy) is 2. The number of rotatable bonds is 7. The van der Waals surface area contributed by atoms with Crippen LogP contribution in [0.2, 0.25) is 5.02 Å². The predicted octanol–water partition coefficient (Wildman–Crippen LogP) is 4.23. The summed E-state index contributed by atoms with van der Waals surface area (Å²) in [5.41, 5.74) is 1.31. The summed E-state index contributed by atoms with van der Waals surface area (Å²) in [6, 6.07) is 10.6. The molecule has 0 heterocycles. The van der Waals surface area contributed by atoms with Crippen molar-refractivity contribution in [3.05, 3.63) is 57.5 Å². The van der Waals surface area contributed by atoms with Gasteiger partial charge in [-0.15, -0.1) is 0 Å². The first-order chi connectivity index (χ1) is 13.3. The van der Waals surface area contributed by atoms with Crippen molar-refractivity contribution in [2.45, 2.75) is 0 Å². The molecule has 6 nitrogen and oxygen atoms in total. The Kier molecular flexibility index (Phi) is 7.90. The van der Waals surface area contributed by atoms with Crippen molar-refractivity contribution in [3.8, 4) is 11.5 Å². The molecule has 0 radical (unpaired) electrons. The van der Waals surface area contributed by atoms with Crippen molar-refractivity contribution in [3.63, 3.8) is 0 Å². The molecule has 28 heavy (non-hydrogen) atoms. The number of halogens is 2. The van der Waals surface area contributed by atoms with Gasteiger partial charge in [0.2, 0.25) is 11.8 Å². The van der Waals surface area contributed by atoms with Crippen LogP contribution >= 0.6 is 27.5 Å². The number of benzene rings is 2. The quantitative estimate of drug-likeness (QED) is 0.619. The molecule has 0 saturated carbocycles. The van der Waals surface area contributed by atoms with Gasteiger partial charge in [-0.25, -0.2) is 0 Å². The number of hydrogen-bond acceptors (Lipinski definition) is 4. The first kappa shape index (κ1) is 21.8. The molecular weight excluding hydrogens is 448 g/mol. The van der Waals surface area contributed by atoms with Crippen LogP contribution in [0.3, 0.4) is 0 Å². The first-order valence-corrected chi connectivity index (χ1v) is 9.42. The van der Waals surface area contributed by atoms with E-state index >= 15 is 0 Å². The fraction of sp³-hybridized carbons (Fsp3) is 0.200. The maximum atomic E-state index is 12.3. The maximum absolute atomic E-state index is 12.3. The summed E-state index contributed by atoms with van der Waals surface area (Å²) in [6.45, 7) is -0.0861. The second-order valence-electron chi connectivity index (χ2n) is 5.79. The van der Waals surface area contributed by atoms with Crippen LogP contribution in [0.15, 0.2) is 46.9 Å². The molecule has 0 aromatic heterocycles. The molecular formula is C20H20BrClN2O4. The first-order valence-electron chi connectivity index (χ1n) is 8.24. The number of carbonyl (C=O) groups is 2. The minimum absolute atomic E-state index is 0.0861. The number of hydrogen-bond donors (Lipinski definition) is 1. The Bertz CT molecular complexity index is 902. The summed E-state index contributed by atoms with van der Waals surface area (Å²) < 4.78 is 11.2. The fourth-order valence-electron chi connectivity index (χ4n) is 2.37. The second kappa shape index (κ2) is 10.1. The van der Waals surface area contributed by atoms with Gasteiger partial charge in [-0.1, -0.05) is 23.7 Å². The zero-order chi connectivity index (χ0) is 20.7. The van der Waals surface area contributed by atoms with Gasteiger partial charge in [0.05, 0.1) is 31.5 Å². The summed E-state index contributed by atoms with van der Waals surface area (Å²) in [7, 11) is 4.55. The molecule has 2 amide bonds. The number of para-hydroxylation sites is 1. The molecule has 0 fully saturated rings. The zero-order valence-electron chi connectivity index (χ0n) is 15.7. The summed E-state index contributed by atoms with van der Waals surface area (Å²) in [5, 5.41) is 3.12. The molecule has 2 rings (SSSR count). The van der Waals surface area contributed by atoms with E-state index in [0.717, 1.165) is 4.47 Å². The molecule has 0 saturated heterocycles. The number of methoxy groups -OCH3 is 2. The molecule has 0 aliphatic rings. The summed E-state index contributed by atoms with van der Waals surface area (Å²) in [4.78, 5) is 25.8. The zero-order valence-corrected chi connectivity index (χ0v) is 18.0. The molecule has 8 heteroatoms. The Morgan fingerprint density at radius 3 is 2.57 bits per heavy atom. The van der Waals surface area contributed by atoms with Crippen LogP contribution in [0.25, 0.3) is 6.08 Å². The van der Waals surface area contributed by atoms with E-state index in [-0.39, 0.29) is 18.4 Å². The van der Waals surface area contributed by atoms with E-state index in [1.54, 1.807) is 31.3 Å². The van der Waals surface area contributed by atoms with Crippen LogP contribution in [0.5, 0.6) is 11.5 Å². The minimum atomic E-state index is -0.326. The van der Waals surface area contributed by atoms with Crippen molar-refractivity contribution in [2.24, 2.45) is 0 Å². The molecule has 0 aliphatic heterocycles. The predicted molar refractivity (Wildman–Crippen MR) is 114 cm³/mol. The monoisotopic (exact) mass is 466 g/mol. The Morgan fingerprint density at radius 2 is 1.93 bits per heavy atom. The SMILES string of the molecule is COc1cc(/C=C/C(=O)N(C)CC(=O)Nc2ccccc2Br)cc(Cl)c1OC. The summed E-state index contributed by atoms with van der Waals surface area (Å²) in [6.07, 6.45) is 2.96. The van der Waals surface area contributed by atoms with Crippen molar-refractivity contribution < 1.29 is 19.1 Å². The van der Waals surface area contributed by atoms with Gasteiger partial charge < -0.3 is 19.7 Å². The molecule has 1 N–H and O–H groups in total. The average molecular weight is 468 g/mol. The second-order valence-corrected chi connectivity index (χ2v) is 7.06. The van der Waals surface area contributed by atoms with Crippen molar-refractivity contribution in [1.82, 2.24) is 4.90 Å². The van der Waals surface area contributed by atoms with Gasteiger partial charge >= 0.3 is 0 Å². The highest BCUT2D eigenvalue weighted by molar-refractivity contribution is 9.10. The average Bonchev–Trinajstić information content (AvgIpc) is 2.67. The largest absolute Gasteiger partial charge is 0.493 e. The van der Waals surface area contributed by atoms with Crippen LogP contribution < -0.4 is 14.8 Å². The number of amides is 2. The highest BCUT2D eigenvalue weighted by atomic mass is 79.9. The van der Waals surface area contributed by atoms with Gasteiger partial charge in [-0.05, 0) is 51.8 Å². The van der Waals surface area contributed by atoms with E-state index in [1.807, 2.05) is 18.2 Å². The van der Waals surface area contributed by atoms with E-state index in [9.17, 15) is 9.59 Å². The van der Waals surface area contributed by atoms with Crippen LogP contribution in [0, 0.1) is 0 Å². The van der Waals surface area contributed by atoms with Gasteiger partial charge in [0.1, 0.15) is 0 Å². The van der Waals surface area contributed by atoms with Crippen LogP contribution in [-0.4, -0.2) is 44.5 Å². The Hall–Kier alpha value is -2.51. The molecule has 0 atom stereocenters. The number of nitrogens with one attached hydrogen (secondary N) is 1. The fourth-order valence-corrected chi connectivity index (χ4v) is 3.05. The molecule has 0 spiro atoms. The molecule has 0 aliphatic carbocycles. The van der Waals surface area contributed by atoms with Gasteiger partial charge in [-0.2, -0.15) is 0 Å². The van der Waals surface area contributed by atoms with Crippen LogP contribution in [0.4, 0.5) is 5.69 Å². The van der Waals surface area contributed by atoms with Gasteiger partial charge in [-0.3, -0.25) is 9.59 Å². The lowest BCUT2D eigenvalue weighted by atomic mass is 10.2. The van der Waals surface area contributed by atoms with Gasteiger partial charge in [0.25, 0.3) is 0 Å². The van der Waals surface area contributed by atoms with Gasteiger partial charge in [0, 0.05) is 17.6 Å². The smallest absolute Gasteiger partial charge is 0.246 e. The molecule has 2 aromatic carbocycles. The normalized spacial score (nSPS) is 10.6. The molecule has 0 unspecified atom stereocenters. The third-order valence-corrected chi connectivity index (χ3v) is 4.75. The third-order valence-electron chi connectivity index (χ3n) is 3.78. The number of anilines is 1. The Labute approximate surface area is 177 Å². The lowest BCUT2D eigenvalue weighted by Crippen LogP contribution is -2.33. The lowest BCUT2D eigenvalue weighted by molar-refractivity contribution is -0.129. The summed E-state index contributed by atoms with van der Waals surface area (Å²) in [5.74, 6) is 0.260. The van der Waals surface area contributed by atoms with Crippen LogP contribution in [-0.2, 0) is 9.59 Å². The van der Waals surface area contributed by atoms with E-state index in [0.29, 0.717) is 27.8 Å². The molecule has 0 bridgehead atoms. The maximum Gasteiger partial charge on any atom is 0.246 e. The molecule has 2 aromatic rings. The van der Waals surface area contributed by atoms with Gasteiger partial charge in [0.15, 0.2) is 11.5 Å². The standard InChI is InChI=1S/C20H20BrClN2O4/c1-24(12-18(25)23-16-7-5-4-6-14(16)21)19(26)9-8-13-10-15(22)20(28-3)17(11-13)27-2/h4-11H,12H2,1-3H3,(H,23,25)/b9-8+.